The van der Waals surface area contributed by atoms with Gasteiger partial charge < -0.3 is 10.6 Å². The fraction of sp³-hybridized carbons (Fsp3) is 0.259. The Morgan fingerprint density at radius 3 is 2.35 bits per heavy atom. The molecule has 0 saturated carbocycles. The Labute approximate surface area is 183 Å². The molecule has 0 bridgehead atoms. The van der Waals surface area contributed by atoms with Crippen molar-refractivity contribution in [2.75, 3.05) is 30.3 Å². The molecule has 0 unspecified atom stereocenters. The molecule has 4 heteroatoms. The second kappa shape index (κ2) is 8.38. The van der Waals surface area contributed by atoms with E-state index >= 15 is 0 Å². The highest BCUT2D eigenvalue weighted by Crippen LogP contribution is 2.31. The minimum Gasteiger partial charge on any atom is -0.397 e. The number of carbonyl (C=O) groups is 1. The second-order valence-corrected chi connectivity index (χ2v) is 8.53. The predicted molar refractivity (Wildman–Crippen MR) is 127 cm³/mol. The first-order valence-corrected chi connectivity index (χ1v) is 11.0. The van der Waals surface area contributed by atoms with E-state index in [4.69, 9.17) is 5.73 Å². The van der Waals surface area contributed by atoms with Gasteiger partial charge in [0.15, 0.2) is 5.78 Å². The molecule has 2 aliphatic heterocycles. The van der Waals surface area contributed by atoms with Crippen LogP contribution in [0.3, 0.4) is 0 Å². The minimum atomic E-state index is 0.0716. The zero-order chi connectivity index (χ0) is 21.2. The fourth-order valence-electron chi connectivity index (χ4n) is 4.82. The summed E-state index contributed by atoms with van der Waals surface area (Å²) in [4.78, 5) is 19.1. The summed E-state index contributed by atoms with van der Waals surface area (Å²) in [5, 5.41) is 0. The van der Waals surface area contributed by atoms with E-state index < -0.39 is 0 Å². The van der Waals surface area contributed by atoms with Crippen molar-refractivity contribution in [3.8, 4) is 0 Å². The lowest BCUT2D eigenvalue weighted by Crippen LogP contribution is -2.34. The molecule has 3 aromatic rings. The van der Waals surface area contributed by atoms with Crippen molar-refractivity contribution in [2.45, 2.75) is 19.3 Å². The lowest BCUT2D eigenvalue weighted by Gasteiger charge is -2.34. The van der Waals surface area contributed by atoms with Gasteiger partial charge in [0.25, 0.3) is 0 Å². The Morgan fingerprint density at radius 1 is 0.903 bits per heavy atom. The fourth-order valence-corrected chi connectivity index (χ4v) is 4.82. The Hall–Kier alpha value is -3.40. The number of ketones is 1. The molecule has 1 saturated heterocycles. The number of hydrogen-bond acceptors (Lipinski definition) is 4. The van der Waals surface area contributed by atoms with E-state index in [1.165, 1.54) is 18.4 Å². The van der Waals surface area contributed by atoms with Crippen LogP contribution in [0.1, 0.15) is 39.9 Å². The number of anilines is 2. The lowest BCUT2D eigenvalue weighted by molar-refractivity contribution is 0.1000. The Morgan fingerprint density at radius 2 is 1.61 bits per heavy atom. The summed E-state index contributed by atoms with van der Waals surface area (Å²) in [6.07, 6.45) is 3.51. The summed E-state index contributed by atoms with van der Waals surface area (Å²) in [5.74, 6) is 0.798. The van der Waals surface area contributed by atoms with Crippen molar-refractivity contribution in [1.29, 1.82) is 0 Å². The number of aliphatic imine (C=N–C) groups is 1. The van der Waals surface area contributed by atoms with Gasteiger partial charge in [-0.05, 0) is 42.9 Å². The number of nitrogens with zero attached hydrogens (tertiary/aromatic N) is 2. The van der Waals surface area contributed by atoms with E-state index in [9.17, 15) is 4.79 Å². The van der Waals surface area contributed by atoms with Gasteiger partial charge in [-0.1, -0.05) is 60.7 Å². The minimum absolute atomic E-state index is 0.0716. The van der Waals surface area contributed by atoms with E-state index in [-0.39, 0.29) is 12.3 Å². The van der Waals surface area contributed by atoms with Gasteiger partial charge >= 0.3 is 0 Å². The molecular formula is C27H27N3O. The smallest absolute Gasteiger partial charge is 0.184 e. The molecule has 156 valence electrons. The predicted octanol–water partition coefficient (Wildman–Crippen LogP) is 4.76. The Bertz CT molecular complexity index is 1130. The second-order valence-electron chi connectivity index (χ2n) is 8.53. The summed E-state index contributed by atoms with van der Waals surface area (Å²) >= 11 is 0. The van der Waals surface area contributed by atoms with Gasteiger partial charge in [-0.25, -0.2) is 0 Å². The number of nitrogen functional groups attached to an aromatic ring is 1. The standard InChI is InChI=1S/C27H27N3O/c28-24-17-21(27-23-9-5-4-8-22(23)26(31)18-29-27)10-11-25(24)30-14-12-20(13-15-30)16-19-6-2-1-3-7-19/h1-11,17,20H,12-16,18,28H2. The quantitative estimate of drug-likeness (QED) is 0.632. The van der Waals surface area contributed by atoms with Gasteiger partial charge in [-0.3, -0.25) is 9.79 Å². The number of rotatable bonds is 4. The molecule has 0 aromatic heterocycles. The van der Waals surface area contributed by atoms with Crippen molar-refractivity contribution in [2.24, 2.45) is 10.9 Å². The zero-order valence-electron chi connectivity index (χ0n) is 17.6. The summed E-state index contributed by atoms with van der Waals surface area (Å²) < 4.78 is 0. The first-order valence-electron chi connectivity index (χ1n) is 11.0. The van der Waals surface area contributed by atoms with Crippen LogP contribution in [0.25, 0.3) is 0 Å². The number of piperidine rings is 1. The van der Waals surface area contributed by atoms with E-state index in [0.717, 1.165) is 59.2 Å². The molecular weight excluding hydrogens is 382 g/mol. The summed E-state index contributed by atoms with van der Waals surface area (Å²) in [6.45, 7) is 2.25. The third-order valence-corrected chi connectivity index (χ3v) is 6.49. The van der Waals surface area contributed by atoms with Crippen molar-refractivity contribution in [3.05, 3.63) is 95.1 Å². The number of nitrogens with two attached hydrogens (primary N) is 1. The van der Waals surface area contributed by atoms with Gasteiger partial charge in [0.2, 0.25) is 0 Å². The molecule has 4 nitrogen and oxygen atoms in total. The maximum atomic E-state index is 12.2. The molecule has 0 radical (unpaired) electrons. The van der Waals surface area contributed by atoms with E-state index in [0.29, 0.717) is 0 Å². The average molecular weight is 410 g/mol. The molecule has 0 aliphatic carbocycles. The van der Waals surface area contributed by atoms with Crippen LogP contribution in [0.15, 0.2) is 77.8 Å². The van der Waals surface area contributed by atoms with Gasteiger partial charge in [0, 0.05) is 29.8 Å². The molecule has 5 rings (SSSR count). The van der Waals surface area contributed by atoms with Crippen molar-refractivity contribution >= 4 is 22.9 Å². The third-order valence-electron chi connectivity index (χ3n) is 6.49. The first kappa shape index (κ1) is 19.6. The maximum Gasteiger partial charge on any atom is 0.184 e. The maximum absolute atomic E-state index is 12.2. The molecule has 2 aliphatic rings. The molecule has 0 amide bonds. The van der Waals surface area contributed by atoms with E-state index in [2.05, 4.69) is 52.4 Å². The van der Waals surface area contributed by atoms with Crippen LogP contribution in [-0.4, -0.2) is 31.1 Å². The van der Waals surface area contributed by atoms with Crippen LogP contribution in [0.4, 0.5) is 11.4 Å². The van der Waals surface area contributed by atoms with Gasteiger partial charge in [-0.2, -0.15) is 0 Å². The van der Waals surface area contributed by atoms with Crippen LogP contribution in [-0.2, 0) is 6.42 Å². The van der Waals surface area contributed by atoms with Crippen molar-refractivity contribution in [1.82, 2.24) is 0 Å². The van der Waals surface area contributed by atoms with Gasteiger partial charge in [0.05, 0.1) is 17.1 Å². The normalized spacial score (nSPS) is 16.7. The molecule has 1 fully saturated rings. The SMILES string of the molecule is Nc1cc(C2=NCC(=O)c3ccccc32)ccc1N1CCC(Cc2ccccc2)CC1. The summed E-state index contributed by atoms with van der Waals surface area (Å²) in [5.41, 5.74) is 13.3. The Balaban J connectivity index is 1.30. The molecule has 31 heavy (non-hydrogen) atoms. The van der Waals surface area contributed by atoms with E-state index in [1.54, 1.807) is 0 Å². The topological polar surface area (TPSA) is 58.7 Å². The highest BCUT2D eigenvalue weighted by Gasteiger charge is 2.24. The Kier molecular flexibility index (Phi) is 5.29. The monoisotopic (exact) mass is 409 g/mol. The number of hydrogen-bond donors (Lipinski definition) is 1. The third kappa shape index (κ3) is 3.98. The molecule has 3 aromatic carbocycles. The molecule has 0 spiro atoms. The highest BCUT2D eigenvalue weighted by atomic mass is 16.1. The zero-order valence-corrected chi connectivity index (χ0v) is 17.6. The summed E-state index contributed by atoms with van der Waals surface area (Å²) in [7, 11) is 0. The van der Waals surface area contributed by atoms with Crippen molar-refractivity contribution < 1.29 is 4.79 Å². The van der Waals surface area contributed by atoms with Gasteiger partial charge in [-0.15, -0.1) is 0 Å². The molecule has 2 heterocycles. The summed E-state index contributed by atoms with van der Waals surface area (Å²) in [6, 6.07) is 24.7. The van der Waals surface area contributed by atoms with Crippen LogP contribution >= 0.6 is 0 Å². The molecule has 0 atom stereocenters. The first-order chi connectivity index (χ1) is 15.2. The highest BCUT2D eigenvalue weighted by molar-refractivity contribution is 6.22. The van der Waals surface area contributed by atoms with E-state index in [1.807, 2.05) is 30.3 Å². The van der Waals surface area contributed by atoms with Crippen LogP contribution in [0, 0.1) is 5.92 Å². The van der Waals surface area contributed by atoms with Crippen LogP contribution in [0.2, 0.25) is 0 Å². The lowest BCUT2D eigenvalue weighted by atomic mass is 9.89. The number of fused-ring (bicyclic) bond motifs is 1. The number of carbonyl (C=O) groups excluding carboxylic acids is 1. The van der Waals surface area contributed by atoms with Crippen LogP contribution < -0.4 is 10.6 Å². The van der Waals surface area contributed by atoms with Crippen molar-refractivity contribution in [3.63, 3.8) is 0 Å². The largest absolute Gasteiger partial charge is 0.397 e. The molecule has 2 N–H and O–H groups in total. The number of benzene rings is 3. The van der Waals surface area contributed by atoms with Gasteiger partial charge in [0.1, 0.15) is 6.54 Å². The average Bonchev–Trinajstić information content (AvgIpc) is 2.81. The number of Topliss-reactive ketones (excluding diaryl/α,β-unsaturated/α-hetero) is 1. The van der Waals surface area contributed by atoms with Crippen LogP contribution in [0.5, 0.6) is 0 Å².